The molecule has 0 bridgehead atoms. The van der Waals surface area contributed by atoms with Crippen LogP contribution in [0.4, 0.5) is 0 Å². The van der Waals surface area contributed by atoms with Crippen molar-refractivity contribution in [3.05, 3.63) is 29.8 Å². The number of nitrogens with zero attached hydrogens (tertiary/aromatic N) is 2. The van der Waals surface area contributed by atoms with E-state index >= 15 is 0 Å². The maximum atomic E-state index is 12.7. The van der Waals surface area contributed by atoms with Crippen LogP contribution >= 0.6 is 0 Å². The molecule has 20 heavy (non-hydrogen) atoms. The molecule has 1 aliphatic heterocycles. The standard InChI is InChI=1S/C14H23N3O2S/c1-11-9-17(10-14(11)16(2)3)20(18,19)13-6-4-5-12(7-13)8-15/h4-7,11,14H,8-10,15H2,1-3H3. The zero-order valence-corrected chi connectivity index (χ0v) is 13.1. The van der Waals surface area contributed by atoms with Crippen molar-refractivity contribution in [3.63, 3.8) is 0 Å². The Kier molecular flexibility index (Phi) is 4.49. The second-order valence-electron chi connectivity index (χ2n) is 5.68. The molecule has 2 N–H and O–H groups in total. The third-order valence-corrected chi connectivity index (χ3v) is 5.80. The average Bonchev–Trinajstić information content (AvgIpc) is 2.82. The predicted molar refractivity (Wildman–Crippen MR) is 79.7 cm³/mol. The highest BCUT2D eigenvalue weighted by atomic mass is 32.2. The van der Waals surface area contributed by atoms with Gasteiger partial charge in [0.15, 0.2) is 0 Å². The van der Waals surface area contributed by atoms with Gasteiger partial charge in [-0.25, -0.2) is 8.42 Å². The van der Waals surface area contributed by atoms with Crippen LogP contribution in [0.3, 0.4) is 0 Å². The molecule has 0 aromatic heterocycles. The van der Waals surface area contributed by atoms with E-state index in [2.05, 4.69) is 11.8 Å². The maximum absolute atomic E-state index is 12.7. The highest BCUT2D eigenvalue weighted by Crippen LogP contribution is 2.26. The summed E-state index contributed by atoms with van der Waals surface area (Å²) in [7, 11) is 0.565. The van der Waals surface area contributed by atoms with Crippen LogP contribution in [0.2, 0.25) is 0 Å². The Balaban J connectivity index is 2.27. The fourth-order valence-electron chi connectivity index (χ4n) is 2.76. The first kappa shape index (κ1) is 15.4. The fourth-order valence-corrected chi connectivity index (χ4v) is 4.39. The zero-order valence-electron chi connectivity index (χ0n) is 12.3. The normalized spacial score (nSPS) is 24.4. The van der Waals surface area contributed by atoms with E-state index in [-0.39, 0.29) is 6.04 Å². The van der Waals surface area contributed by atoms with Crippen LogP contribution in [0.5, 0.6) is 0 Å². The van der Waals surface area contributed by atoms with Gasteiger partial charge in [-0.05, 0) is 37.7 Å². The molecule has 112 valence electrons. The summed E-state index contributed by atoms with van der Waals surface area (Å²) < 4.78 is 26.9. The van der Waals surface area contributed by atoms with Crippen LogP contribution in [-0.2, 0) is 16.6 Å². The van der Waals surface area contributed by atoms with Gasteiger partial charge in [-0.3, -0.25) is 0 Å². The summed E-state index contributed by atoms with van der Waals surface area (Å²) in [5, 5.41) is 0. The van der Waals surface area contributed by atoms with E-state index in [0.29, 0.717) is 30.4 Å². The highest BCUT2D eigenvalue weighted by Gasteiger charge is 2.38. The zero-order chi connectivity index (χ0) is 14.9. The van der Waals surface area contributed by atoms with Gasteiger partial charge in [-0.15, -0.1) is 0 Å². The molecule has 1 saturated heterocycles. The maximum Gasteiger partial charge on any atom is 0.243 e. The van der Waals surface area contributed by atoms with E-state index in [4.69, 9.17) is 5.73 Å². The van der Waals surface area contributed by atoms with Crippen LogP contribution in [0.15, 0.2) is 29.2 Å². The van der Waals surface area contributed by atoms with Gasteiger partial charge in [-0.2, -0.15) is 4.31 Å². The Bertz CT molecular complexity index is 572. The number of sulfonamides is 1. The van der Waals surface area contributed by atoms with Crippen LogP contribution in [0.1, 0.15) is 12.5 Å². The number of hydrogen-bond donors (Lipinski definition) is 1. The monoisotopic (exact) mass is 297 g/mol. The third kappa shape index (κ3) is 2.88. The molecule has 1 fully saturated rings. The molecule has 2 atom stereocenters. The second kappa shape index (κ2) is 5.81. The van der Waals surface area contributed by atoms with Crippen molar-refractivity contribution in [1.82, 2.24) is 9.21 Å². The Labute approximate surface area is 121 Å². The molecular formula is C14H23N3O2S. The summed E-state index contributed by atoms with van der Waals surface area (Å²) in [5.74, 6) is 0.331. The van der Waals surface area contributed by atoms with Gasteiger partial charge in [-0.1, -0.05) is 19.1 Å². The van der Waals surface area contributed by atoms with Crippen molar-refractivity contribution < 1.29 is 8.42 Å². The van der Waals surface area contributed by atoms with Gasteiger partial charge in [0.2, 0.25) is 10.0 Å². The average molecular weight is 297 g/mol. The Morgan fingerprint density at radius 3 is 2.60 bits per heavy atom. The van der Waals surface area contributed by atoms with Crippen LogP contribution < -0.4 is 5.73 Å². The first-order valence-electron chi connectivity index (χ1n) is 6.82. The lowest BCUT2D eigenvalue weighted by atomic mass is 10.1. The summed E-state index contributed by atoms with van der Waals surface area (Å²) in [5.41, 5.74) is 6.42. The van der Waals surface area contributed by atoms with E-state index in [9.17, 15) is 8.42 Å². The first-order valence-corrected chi connectivity index (χ1v) is 8.26. The summed E-state index contributed by atoms with van der Waals surface area (Å²) in [4.78, 5) is 2.43. The van der Waals surface area contributed by atoms with E-state index < -0.39 is 10.0 Å². The molecule has 0 spiro atoms. The molecule has 6 heteroatoms. The van der Waals surface area contributed by atoms with Crippen molar-refractivity contribution in [2.24, 2.45) is 11.7 Å². The topological polar surface area (TPSA) is 66.6 Å². The van der Waals surface area contributed by atoms with Gasteiger partial charge in [0.05, 0.1) is 4.90 Å². The van der Waals surface area contributed by atoms with Crippen molar-refractivity contribution in [1.29, 1.82) is 0 Å². The number of nitrogens with two attached hydrogens (primary N) is 1. The Morgan fingerprint density at radius 2 is 2.05 bits per heavy atom. The van der Waals surface area contributed by atoms with E-state index in [0.717, 1.165) is 5.56 Å². The van der Waals surface area contributed by atoms with E-state index in [1.807, 2.05) is 20.2 Å². The summed E-state index contributed by atoms with van der Waals surface area (Å²) in [6.07, 6.45) is 0. The number of benzene rings is 1. The lowest BCUT2D eigenvalue weighted by Crippen LogP contribution is -2.35. The molecule has 2 rings (SSSR count). The SMILES string of the molecule is CC1CN(S(=O)(=O)c2cccc(CN)c2)CC1N(C)C. The third-order valence-electron chi connectivity index (χ3n) is 3.97. The molecule has 1 heterocycles. The summed E-state index contributed by atoms with van der Waals surface area (Å²) in [6.45, 7) is 3.55. The van der Waals surface area contributed by atoms with Gasteiger partial charge >= 0.3 is 0 Å². The van der Waals surface area contributed by atoms with Crippen LogP contribution in [0.25, 0.3) is 0 Å². The Hall–Kier alpha value is -0.950. The van der Waals surface area contributed by atoms with Gasteiger partial charge in [0.1, 0.15) is 0 Å². The molecular weight excluding hydrogens is 274 g/mol. The van der Waals surface area contributed by atoms with Crippen molar-refractivity contribution in [2.75, 3.05) is 27.2 Å². The minimum absolute atomic E-state index is 0.266. The summed E-state index contributed by atoms with van der Waals surface area (Å²) >= 11 is 0. The highest BCUT2D eigenvalue weighted by molar-refractivity contribution is 7.89. The van der Waals surface area contributed by atoms with Crippen LogP contribution in [-0.4, -0.2) is 50.8 Å². The van der Waals surface area contributed by atoms with E-state index in [1.54, 1.807) is 22.5 Å². The molecule has 2 unspecified atom stereocenters. The van der Waals surface area contributed by atoms with Gasteiger partial charge < -0.3 is 10.6 Å². The molecule has 0 radical (unpaired) electrons. The van der Waals surface area contributed by atoms with Crippen LogP contribution in [0, 0.1) is 5.92 Å². The Morgan fingerprint density at radius 1 is 1.35 bits per heavy atom. The second-order valence-corrected chi connectivity index (χ2v) is 7.62. The molecule has 0 aliphatic carbocycles. The molecule has 0 saturated carbocycles. The van der Waals surface area contributed by atoms with Crippen molar-refractivity contribution in [2.45, 2.75) is 24.4 Å². The molecule has 1 aromatic carbocycles. The van der Waals surface area contributed by atoms with E-state index in [1.165, 1.54) is 0 Å². The van der Waals surface area contributed by atoms with Gasteiger partial charge in [0.25, 0.3) is 0 Å². The molecule has 1 aliphatic rings. The number of likely N-dealkylation sites (N-methyl/N-ethyl adjacent to an activating group) is 1. The largest absolute Gasteiger partial charge is 0.326 e. The first-order chi connectivity index (χ1) is 9.36. The minimum atomic E-state index is -3.42. The van der Waals surface area contributed by atoms with Crippen molar-refractivity contribution in [3.8, 4) is 0 Å². The number of hydrogen-bond acceptors (Lipinski definition) is 4. The lowest BCUT2D eigenvalue weighted by Gasteiger charge is -2.22. The fraction of sp³-hybridized carbons (Fsp3) is 0.571. The predicted octanol–water partition coefficient (Wildman–Crippen LogP) is 0.716. The molecule has 1 aromatic rings. The van der Waals surface area contributed by atoms with Crippen molar-refractivity contribution >= 4 is 10.0 Å². The minimum Gasteiger partial charge on any atom is -0.326 e. The molecule has 0 amide bonds. The van der Waals surface area contributed by atoms with Gasteiger partial charge in [0, 0.05) is 25.7 Å². The lowest BCUT2D eigenvalue weighted by molar-refractivity contribution is 0.263. The quantitative estimate of drug-likeness (QED) is 0.889. The number of rotatable bonds is 4. The summed E-state index contributed by atoms with van der Waals surface area (Å²) in [6, 6.07) is 7.17. The smallest absolute Gasteiger partial charge is 0.243 e. The molecule has 5 nitrogen and oxygen atoms in total.